The molecule has 0 radical (unpaired) electrons. The Labute approximate surface area is 77.2 Å². The Hall–Kier alpha value is -1.75. The summed E-state index contributed by atoms with van der Waals surface area (Å²) in [6.45, 7) is 1.65. The van der Waals surface area contributed by atoms with Crippen LogP contribution in [0.25, 0.3) is 0 Å². The first-order valence-electron chi connectivity index (χ1n) is 3.94. The van der Waals surface area contributed by atoms with Gasteiger partial charge in [-0.2, -0.15) is 0 Å². The van der Waals surface area contributed by atoms with Gasteiger partial charge in [0, 0.05) is 5.56 Å². The van der Waals surface area contributed by atoms with Gasteiger partial charge in [-0.1, -0.05) is 18.1 Å². The van der Waals surface area contributed by atoms with Crippen LogP contribution in [-0.4, -0.2) is 11.1 Å². The number of hydrogen-bond donors (Lipinski definition) is 1. The Morgan fingerprint density at radius 3 is 2.38 bits per heavy atom. The van der Waals surface area contributed by atoms with Crippen molar-refractivity contribution in [3.05, 3.63) is 35.4 Å². The molecule has 1 N–H and O–H groups in total. The van der Waals surface area contributed by atoms with Crippen molar-refractivity contribution < 1.29 is 9.90 Å². The van der Waals surface area contributed by atoms with Crippen LogP contribution in [0.2, 0.25) is 0 Å². The smallest absolute Gasteiger partial charge is 0.310 e. The standard InChI is InChI=1S/C11H10O2/c1-3-9-4-6-10(7-5-9)8(2)11(12)13/h1,4-8H,2H3,(H,12,13)/t8-/m1/s1. The molecule has 1 aromatic rings. The van der Waals surface area contributed by atoms with Gasteiger partial charge >= 0.3 is 5.97 Å². The summed E-state index contributed by atoms with van der Waals surface area (Å²) < 4.78 is 0. The molecule has 0 fully saturated rings. The molecule has 1 rings (SSSR count). The number of carbonyl (C=O) groups is 1. The third-order valence-electron chi connectivity index (χ3n) is 1.95. The van der Waals surface area contributed by atoms with Crippen molar-refractivity contribution >= 4 is 5.97 Å². The molecular weight excluding hydrogens is 164 g/mol. The van der Waals surface area contributed by atoms with E-state index >= 15 is 0 Å². The van der Waals surface area contributed by atoms with E-state index in [4.69, 9.17) is 11.5 Å². The fraction of sp³-hybridized carbons (Fsp3) is 0.182. The highest BCUT2D eigenvalue weighted by atomic mass is 16.4. The summed E-state index contributed by atoms with van der Waals surface area (Å²) in [6, 6.07) is 6.98. The third kappa shape index (κ3) is 2.09. The average Bonchev–Trinajstić information content (AvgIpc) is 2.17. The number of rotatable bonds is 2. The van der Waals surface area contributed by atoms with Gasteiger partial charge in [0.15, 0.2) is 0 Å². The van der Waals surface area contributed by atoms with Gasteiger partial charge in [-0.05, 0) is 24.6 Å². The predicted molar refractivity (Wildman–Crippen MR) is 50.4 cm³/mol. The van der Waals surface area contributed by atoms with Crippen molar-refractivity contribution in [3.63, 3.8) is 0 Å². The Bertz CT molecular complexity index is 343. The fourth-order valence-electron chi connectivity index (χ4n) is 1.01. The van der Waals surface area contributed by atoms with Gasteiger partial charge in [-0.3, -0.25) is 4.79 Å². The van der Waals surface area contributed by atoms with Crippen LogP contribution in [-0.2, 0) is 4.79 Å². The van der Waals surface area contributed by atoms with Crippen LogP contribution in [0, 0.1) is 12.3 Å². The van der Waals surface area contributed by atoms with E-state index in [9.17, 15) is 4.79 Å². The maximum atomic E-state index is 10.6. The molecule has 0 aliphatic heterocycles. The summed E-state index contributed by atoms with van der Waals surface area (Å²) in [4.78, 5) is 10.6. The van der Waals surface area contributed by atoms with Gasteiger partial charge in [0.05, 0.1) is 5.92 Å². The number of terminal acetylenes is 1. The monoisotopic (exact) mass is 174 g/mol. The Kier molecular flexibility index (Phi) is 2.71. The zero-order valence-corrected chi connectivity index (χ0v) is 7.32. The van der Waals surface area contributed by atoms with Gasteiger partial charge in [-0.15, -0.1) is 6.42 Å². The second kappa shape index (κ2) is 3.77. The molecule has 1 aromatic carbocycles. The maximum absolute atomic E-state index is 10.6. The summed E-state index contributed by atoms with van der Waals surface area (Å²) in [7, 11) is 0. The zero-order valence-electron chi connectivity index (χ0n) is 7.32. The Morgan fingerprint density at radius 1 is 1.46 bits per heavy atom. The summed E-state index contributed by atoms with van der Waals surface area (Å²) >= 11 is 0. The van der Waals surface area contributed by atoms with Crippen molar-refractivity contribution in [2.24, 2.45) is 0 Å². The highest BCUT2D eigenvalue weighted by molar-refractivity contribution is 5.75. The molecular formula is C11H10O2. The normalized spacial score (nSPS) is 11.7. The lowest BCUT2D eigenvalue weighted by atomic mass is 10.0. The van der Waals surface area contributed by atoms with Crippen molar-refractivity contribution in [1.29, 1.82) is 0 Å². The molecule has 0 unspecified atom stereocenters. The highest BCUT2D eigenvalue weighted by Crippen LogP contribution is 2.15. The van der Waals surface area contributed by atoms with Gasteiger partial charge in [0.25, 0.3) is 0 Å². The number of carboxylic acid groups (broad SMARTS) is 1. The maximum Gasteiger partial charge on any atom is 0.310 e. The van der Waals surface area contributed by atoms with Gasteiger partial charge in [0.1, 0.15) is 0 Å². The van der Waals surface area contributed by atoms with Gasteiger partial charge < -0.3 is 5.11 Å². The molecule has 0 aliphatic rings. The van der Waals surface area contributed by atoms with Gasteiger partial charge in [-0.25, -0.2) is 0 Å². The predicted octanol–water partition coefficient (Wildman–Crippen LogP) is 1.86. The summed E-state index contributed by atoms with van der Waals surface area (Å²) in [6.07, 6.45) is 5.17. The molecule has 1 atom stereocenters. The molecule has 0 aromatic heterocycles. The lowest BCUT2D eigenvalue weighted by molar-refractivity contribution is -0.138. The molecule has 13 heavy (non-hydrogen) atoms. The van der Waals surface area contributed by atoms with Crippen LogP contribution in [0.5, 0.6) is 0 Å². The average molecular weight is 174 g/mol. The molecule has 0 bridgehead atoms. The minimum Gasteiger partial charge on any atom is -0.481 e. The van der Waals surface area contributed by atoms with Crippen LogP contribution >= 0.6 is 0 Å². The second-order valence-corrected chi connectivity index (χ2v) is 2.83. The lowest BCUT2D eigenvalue weighted by Gasteiger charge is -2.05. The largest absolute Gasteiger partial charge is 0.481 e. The van der Waals surface area contributed by atoms with Crippen molar-refractivity contribution in [1.82, 2.24) is 0 Å². The summed E-state index contributed by atoms with van der Waals surface area (Å²) in [5, 5.41) is 8.72. The van der Waals surface area contributed by atoms with Gasteiger partial charge in [0.2, 0.25) is 0 Å². The molecule has 0 saturated heterocycles. The first-order valence-corrected chi connectivity index (χ1v) is 3.94. The van der Waals surface area contributed by atoms with Crippen molar-refractivity contribution in [2.45, 2.75) is 12.8 Å². The van der Waals surface area contributed by atoms with Crippen LogP contribution in [0.3, 0.4) is 0 Å². The van der Waals surface area contributed by atoms with Crippen LogP contribution < -0.4 is 0 Å². The minimum atomic E-state index is -0.826. The summed E-state index contributed by atoms with van der Waals surface area (Å²) in [5.74, 6) is 1.17. The first kappa shape index (κ1) is 9.34. The van der Waals surface area contributed by atoms with E-state index in [-0.39, 0.29) is 0 Å². The zero-order chi connectivity index (χ0) is 9.84. The van der Waals surface area contributed by atoms with Crippen molar-refractivity contribution in [2.75, 3.05) is 0 Å². The number of aliphatic carboxylic acids is 1. The number of hydrogen-bond acceptors (Lipinski definition) is 1. The fourth-order valence-corrected chi connectivity index (χ4v) is 1.01. The van der Waals surface area contributed by atoms with Crippen LogP contribution in [0.1, 0.15) is 24.0 Å². The molecule has 0 heterocycles. The summed E-state index contributed by atoms with van der Waals surface area (Å²) in [5.41, 5.74) is 1.54. The number of carboxylic acids is 1. The van der Waals surface area contributed by atoms with E-state index in [1.165, 1.54) is 0 Å². The second-order valence-electron chi connectivity index (χ2n) is 2.83. The molecule has 0 aliphatic carbocycles. The van der Waals surface area contributed by atoms with E-state index in [2.05, 4.69) is 5.92 Å². The highest BCUT2D eigenvalue weighted by Gasteiger charge is 2.12. The third-order valence-corrected chi connectivity index (χ3v) is 1.95. The molecule has 66 valence electrons. The van der Waals surface area contributed by atoms with E-state index in [0.29, 0.717) is 0 Å². The van der Waals surface area contributed by atoms with Crippen LogP contribution in [0.15, 0.2) is 24.3 Å². The molecule has 0 saturated carbocycles. The quantitative estimate of drug-likeness (QED) is 0.695. The molecule has 2 nitrogen and oxygen atoms in total. The topological polar surface area (TPSA) is 37.3 Å². The Morgan fingerprint density at radius 2 is 2.00 bits per heavy atom. The molecule has 0 spiro atoms. The number of benzene rings is 1. The first-order chi connectivity index (χ1) is 6.15. The van der Waals surface area contributed by atoms with Crippen molar-refractivity contribution in [3.8, 4) is 12.3 Å². The van der Waals surface area contributed by atoms with Crippen LogP contribution in [0.4, 0.5) is 0 Å². The Balaban J connectivity index is 2.93. The lowest BCUT2D eigenvalue weighted by Crippen LogP contribution is -2.06. The van der Waals surface area contributed by atoms with E-state index in [0.717, 1.165) is 11.1 Å². The van der Waals surface area contributed by atoms with E-state index in [1.807, 2.05) is 0 Å². The molecule has 0 amide bonds. The molecule has 2 heteroatoms. The van der Waals surface area contributed by atoms with E-state index in [1.54, 1.807) is 31.2 Å². The SMILES string of the molecule is C#Cc1ccc([C@@H](C)C(=O)O)cc1. The van der Waals surface area contributed by atoms with E-state index < -0.39 is 11.9 Å². The minimum absolute atomic E-state index is 0.480.